The first-order chi connectivity index (χ1) is 7.19. The van der Waals surface area contributed by atoms with Crippen LogP contribution in [0.15, 0.2) is 0 Å². The molecule has 0 unspecified atom stereocenters. The summed E-state index contributed by atoms with van der Waals surface area (Å²) in [5.74, 6) is 0.0123. The average Bonchev–Trinajstić information content (AvgIpc) is 2.25. The lowest BCUT2D eigenvalue weighted by atomic mass is 9.75. The van der Waals surface area contributed by atoms with Gasteiger partial charge in [-0.1, -0.05) is 26.2 Å². The summed E-state index contributed by atoms with van der Waals surface area (Å²) in [5.41, 5.74) is 2.28. The maximum Gasteiger partial charge on any atom is 0.249 e. The van der Waals surface area contributed by atoms with Gasteiger partial charge in [-0.2, -0.15) is 0 Å². The molecule has 1 N–H and O–H groups in total. The van der Waals surface area contributed by atoms with Crippen molar-refractivity contribution in [3.63, 3.8) is 0 Å². The summed E-state index contributed by atoms with van der Waals surface area (Å²) >= 11 is 0. The number of hydrogen-bond acceptors (Lipinski definition) is 3. The van der Waals surface area contributed by atoms with Crippen molar-refractivity contribution in [1.82, 2.24) is 5.48 Å². The maximum atomic E-state index is 11.8. The van der Waals surface area contributed by atoms with Gasteiger partial charge < -0.3 is 4.74 Å². The molecule has 0 saturated heterocycles. The van der Waals surface area contributed by atoms with Crippen LogP contribution >= 0.6 is 0 Å². The summed E-state index contributed by atoms with van der Waals surface area (Å²) in [5, 5.41) is 0. The Morgan fingerprint density at radius 2 is 1.93 bits per heavy atom. The summed E-state index contributed by atoms with van der Waals surface area (Å²) < 4.78 is 4.82. The largest absolute Gasteiger partial charge is 0.382 e. The first-order valence-electron chi connectivity index (χ1n) is 5.60. The van der Waals surface area contributed by atoms with Crippen LogP contribution in [0.5, 0.6) is 0 Å². The summed E-state index contributed by atoms with van der Waals surface area (Å²) in [6.07, 6.45) is 5.45. The highest BCUT2D eigenvalue weighted by Gasteiger charge is 2.34. The SMILES string of the molecule is COCCONC(=O)C1(C)CCCCC1. The lowest BCUT2D eigenvalue weighted by molar-refractivity contribution is -0.146. The molecule has 4 heteroatoms. The quantitative estimate of drug-likeness (QED) is 0.560. The van der Waals surface area contributed by atoms with Crippen molar-refractivity contribution in [2.45, 2.75) is 39.0 Å². The van der Waals surface area contributed by atoms with Crippen LogP contribution in [-0.2, 0) is 14.4 Å². The van der Waals surface area contributed by atoms with Gasteiger partial charge in [-0.25, -0.2) is 5.48 Å². The van der Waals surface area contributed by atoms with Crippen LogP contribution in [0.4, 0.5) is 0 Å². The Morgan fingerprint density at radius 1 is 1.27 bits per heavy atom. The summed E-state index contributed by atoms with van der Waals surface area (Å²) in [7, 11) is 1.60. The fraction of sp³-hybridized carbons (Fsp3) is 0.909. The zero-order valence-electron chi connectivity index (χ0n) is 9.67. The monoisotopic (exact) mass is 215 g/mol. The molecule has 88 valence electrons. The van der Waals surface area contributed by atoms with E-state index in [1.165, 1.54) is 6.42 Å². The Hall–Kier alpha value is -0.610. The standard InChI is InChI=1S/C11H21NO3/c1-11(6-4-3-5-7-11)10(13)12-15-9-8-14-2/h3-9H2,1-2H3,(H,12,13). The summed E-state index contributed by atoms with van der Waals surface area (Å²) in [4.78, 5) is 16.8. The predicted molar refractivity (Wildman–Crippen MR) is 57.2 cm³/mol. The molecule has 1 fully saturated rings. The molecule has 0 spiro atoms. The Balaban J connectivity index is 2.25. The van der Waals surface area contributed by atoms with E-state index in [1.54, 1.807) is 7.11 Å². The Bertz CT molecular complexity index is 200. The van der Waals surface area contributed by atoms with Crippen LogP contribution < -0.4 is 5.48 Å². The van der Waals surface area contributed by atoms with E-state index in [0.29, 0.717) is 13.2 Å². The predicted octanol–water partition coefficient (Wildman–Crippen LogP) is 1.65. The van der Waals surface area contributed by atoms with Crippen LogP contribution in [0.2, 0.25) is 0 Å². The van der Waals surface area contributed by atoms with Gasteiger partial charge in [0.25, 0.3) is 0 Å². The molecule has 0 bridgehead atoms. The topological polar surface area (TPSA) is 47.6 Å². The molecule has 1 amide bonds. The molecule has 0 radical (unpaired) electrons. The highest BCUT2D eigenvalue weighted by atomic mass is 16.7. The normalized spacial score (nSPS) is 19.9. The Labute approximate surface area is 91.3 Å². The molecule has 0 heterocycles. The zero-order valence-corrected chi connectivity index (χ0v) is 9.67. The van der Waals surface area contributed by atoms with Gasteiger partial charge in [0.05, 0.1) is 13.2 Å². The number of ether oxygens (including phenoxy) is 1. The van der Waals surface area contributed by atoms with Gasteiger partial charge in [0, 0.05) is 12.5 Å². The molecule has 0 aliphatic heterocycles. The van der Waals surface area contributed by atoms with E-state index < -0.39 is 0 Å². The Kier molecular flexibility index (Phi) is 5.05. The number of rotatable bonds is 5. The van der Waals surface area contributed by atoms with E-state index in [-0.39, 0.29) is 11.3 Å². The third kappa shape index (κ3) is 3.80. The highest BCUT2D eigenvalue weighted by Crippen LogP contribution is 2.35. The first kappa shape index (κ1) is 12.5. The summed E-state index contributed by atoms with van der Waals surface area (Å²) in [6.45, 7) is 2.91. The van der Waals surface area contributed by atoms with Crippen molar-refractivity contribution in [3.8, 4) is 0 Å². The van der Waals surface area contributed by atoms with Crippen LogP contribution in [0.3, 0.4) is 0 Å². The lowest BCUT2D eigenvalue weighted by Crippen LogP contribution is -2.40. The smallest absolute Gasteiger partial charge is 0.249 e. The minimum absolute atomic E-state index is 0.0123. The third-order valence-electron chi connectivity index (χ3n) is 3.06. The number of nitrogens with one attached hydrogen (secondary N) is 1. The van der Waals surface area contributed by atoms with Gasteiger partial charge in [-0.05, 0) is 12.8 Å². The minimum Gasteiger partial charge on any atom is -0.382 e. The molecule has 4 nitrogen and oxygen atoms in total. The van der Waals surface area contributed by atoms with E-state index >= 15 is 0 Å². The number of methoxy groups -OCH3 is 1. The van der Waals surface area contributed by atoms with Crippen molar-refractivity contribution < 1.29 is 14.4 Å². The fourth-order valence-electron chi connectivity index (χ4n) is 1.92. The molecule has 0 atom stereocenters. The van der Waals surface area contributed by atoms with E-state index in [1.807, 2.05) is 6.92 Å². The van der Waals surface area contributed by atoms with Gasteiger partial charge >= 0.3 is 0 Å². The molecule has 1 rings (SSSR count). The molecule has 15 heavy (non-hydrogen) atoms. The van der Waals surface area contributed by atoms with Gasteiger partial charge in [0.1, 0.15) is 0 Å². The average molecular weight is 215 g/mol. The number of carbonyl (C=O) groups excluding carboxylic acids is 1. The van der Waals surface area contributed by atoms with Crippen LogP contribution in [0.25, 0.3) is 0 Å². The first-order valence-corrected chi connectivity index (χ1v) is 5.60. The van der Waals surface area contributed by atoms with Crippen LogP contribution in [-0.4, -0.2) is 26.2 Å². The lowest BCUT2D eigenvalue weighted by Gasteiger charge is -2.31. The highest BCUT2D eigenvalue weighted by molar-refractivity contribution is 5.81. The third-order valence-corrected chi connectivity index (χ3v) is 3.06. The van der Waals surface area contributed by atoms with E-state index in [0.717, 1.165) is 25.7 Å². The minimum atomic E-state index is -0.231. The van der Waals surface area contributed by atoms with E-state index in [2.05, 4.69) is 5.48 Å². The van der Waals surface area contributed by atoms with Crippen molar-refractivity contribution in [2.24, 2.45) is 5.41 Å². The second-order valence-corrected chi connectivity index (χ2v) is 4.39. The van der Waals surface area contributed by atoms with Gasteiger partial charge in [-0.15, -0.1) is 0 Å². The van der Waals surface area contributed by atoms with E-state index in [4.69, 9.17) is 9.57 Å². The number of hydrogen-bond donors (Lipinski definition) is 1. The second kappa shape index (κ2) is 6.08. The van der Waals surface area contributed by atoms with Gasteiger partial charge in [-0.3, -0.25) is 9.63 Å². The Morgan fingerprint density at radius 3 is 2.53 bits per heavy atom. The van der Waals surface area contributed by atoms with Crippen LogP contribution in [0.1, 0.15) is 39.0 Å². The van der Waals surface area contributed by atoms with Crippen molar-refractivity contribution in [2.75, 3.05) is 20.3 Å². The molecule has 0 aromatic rings. The van der Waals surface area contributed by atoms with Crippen molar-refractivity contribution in [3.05, 3.63) is 0 Å². The van der Waals surface area contributed by atoms with E-state index in [9.17, 15) is 4.79 Å². The molecular weight excluding hydrogens is 194 g/mol. The molecule has 1 saturated carbocycles. The van der Waals surface area contributed by atoms with Crippen molar-refractivity contribution in [1.29, 1.82) is 0 Å². The molecule has 1 aliphatic rings. The number of carbonyl (C=O) groups is 1. The number of amides is 1. The molecular formula is C11H21NO3. The van der Waals surface area contributed by atoms with Crippen molar-refractivity contribution >= 4 is 5.91 Å². The molecule has 0 aromatic heterocycles. The fourth-order valence-corrected chi connectivity index (χ4v) is 1.92. The molecule has 1 aliphatic carbocycles. The molecule has 0 aromatic carbocycles. The summed E-state index contributed by atoms with van der Waals surface area (Å²) in [6, 6.07) is 0. The number of hydroxylamine groups is 1. The maximum absolute atomic E-state index is 11.8. The zero-order chi connectivity index (χ0) is 11.1. The van der Waals surface area contributed by atoms with Gasteiger partial charge in [0.2, 0.25) is 5.91 Å². The van der Waals surface area contributed by atoms with Gasteiger partial charge in [0.15, 0.2) is 0 Å². The van der Waals surface area contributed by atoms with Crippen LogP contribution in [0, 0.1) is 5.41 Å². The second-order valence-electron chi connectivity index (χ2n) is 4.39.